The molecule has 0 aromatic heterocycles. The first-order chi connectivity index (χ1) is 11.4. The number of thioether (sulfide) groups is 1. The van der Waals surface area contributed by atoms with E-state index >= 15 is 0 Å². The molecule has 0 atom stereocenters. The summed E-state index contributed by atoms with van der Waals surface area (Å²) in [7, 11) is 0. The first-order valence-electron chi connectivity index (χ1n) is 8.36. The molecule has 142 valence electrons. The summed E-state index contributed by atoms with van der Waals surface area (Å²) in [5, 5.41) is 9.44. The van der Waals surface area contributed by atoms with Gasteiger partial charge in [0.2, 0.25) is 0 Å². The summed E-state index contributed by atoms with van der Waals surface area (Å²) in [5.74, 6) is 0.772. The number of guanidine groups is 1. The number of halogens is 1. The highest BCUT2D eigenvalue weighted by atomic mass is 127. The second kappa shape index (κ2) is 12.4. The second-order valence-electron chi connectivity index (χ2n) is 6.07. The third-order valence-corrected chi connectivity index (χ3v) is 4.80. The fraction of sp³-hybridized carbons (Fsp3) is 0.556. The van der Waals surface area contributed by atoms with Crippen LogP contribution in [0.5, 0.6) is 0 Å². The minimum absolute atomic E-state index is 0. The lowest BCUT2D eigenvalue weighted by Crippen LogP contribution is -2.43. The SMILES string of the molecule is CCNC(=O)c1ccc(CN=C(NCC)NCC(C)(C)SC)cc1.I. The van der Waals surface area contributed by atoms with Gasteiger partial charge in [0, 0.05) is 29.9 Å². The number of benzene rings is 1. The number of hydrogen-bond donors (Lipinski definition) is 3. The van der Waals surface area contributed by atoms with E-state index in [1.54, 1.807) is 0 Å². The van der Waals surface area contributed by atoms with Gasteiger partial charge >= 0.3 is 0 Å². The highest BCUT2D eigenvalue weighted by Crippen LogP contribution is 2.19. The summed E-state index contributed by atoms with van der Waals surface area (Å²) in [6, 6.07) is 7.58. The molecule has 0 heterocycles. The maximum absolute atomic E-state index is 11.8. The van der Waals surface area contributed by atoms with E-state index in [0.717, 1.165) is 24.6 Å². The molecule has 0 fully saturated rings. The molecule has 7 heteroatoms. The maximum atomic E-state index is 11.8. The van der Waals surface area contributed by atoms with E-state index in [-0.39, 0.29) is 34.6 Å². The van der Waals surface area contributed by atoms with Gasteiger partial charge in [-0.1, -0.05) is 12.1 Å². The number of rotatable bonds is 8. The summed E-state index contributed by atoms with van der Waals surface area (Å²) in [4.78, 5) is 16.4. The highest BCUT2D eigenvalue weighted by Gasteiger charge is 2.16. The third kappa shape index (κ3) is 9.34. The van der Waals surface area contributed by atoms with Crippen LogP contribution >= 0.6 is 35.7 Å². The Kier molecular flexibility index (Phi) is 11.9. The molecular formula is C18H31IN4OS. The van der Waals surface area contributed by atoms with Gasteiger partial charge in [0.05, 0.1) is 6.54 Å². The highest BCUT2D eigenvalue weighted by molar-refractivity contribution is 14.0. The van der Waals surface area contributed by atoms with Crippen LogP contribution in [0.25, 0.3) is 0 Å². The molecule has 0 saturated carbocycles. The predicted octanol–water partition coefficient (Wildman–Crippen LogP) is 3.25. The maximum Gasteiger partial charge on any atom is 0.251 e. The molecule has 1 rings (SSSR count). The quantitative estimate of drug-likeness (QED) is 0.305. The van der Waals surface area contributed by atoms with Gasteiger partial charge in [0.25, 0.3) is 5.91 Å². The molecule has 1 amide bonds. The lowest BCUT2D eigenvalue weighted by atomic mass is 10.1. The number of carbonyl (C=O) groups excluding carboxylic acids is 1. The zero-order valence-corrected chi connectivity index (χ0v) is 19.0. The van der Waals surface area contributed by atoms with E-state index in [1.165, 1.54) is 0 Å². The van der Waals surface area contributed by atoms with E-state index in [9.17, 15) is 4.79 Å². The third-order valence-electron chi connectivity index (χ3n) is 3.55. The second-order valence-corrected chi connectivity index (χ2v) is 7.58. The first kappa shape index (κ1) is 24.0. The summed E-state index contributed by atoms with van der Waals surface area (Å²) < 4.78 is 0.157. The van der Waals surface area contributed by atoms with Crippen molar-refractivity contribution in [2.45, 2.75) is 39.0 Å². The van der Waals surface area contributed by atoms with Crippen LogP contribution in [0.4, 0.5) is 0 Å². The van der Waals surface area contributed by atoms with Crippen LogP contribution in [0.2, 0.25) is 0 Å². The van der Waals surface area contributed by atoms with Crippen molar-refractivity contribution in [3.8, 4) is 0 Å². The van der Waals surface area contributed by atoms with Crippen molar-refractivity contribution in [3.05, 3.63) is 35.4 Å². The first-order valence-corrected chi connectivity index (χ1v) is 9.58. The van der Waals surface area contributed by atoms with Crippen LogP contribution in [0.1, 0.15) is 43.6 Å². The molecule has 0 aliphatic carbocycles. The van der Waals surface area contributed by atoms with E-state index in [1.807, 2.05) is 43.0 Å². The molecule has 25 heavy (non-hydrogen) atoms. The number of nitrogens with one attached hydrogen (secondary N) is 3. The Morgan fingerprint density at radius 1 is 1.08 bits per heavy atom. The molecule has 0 aliphatic rings. The minimum Gasteiger partial charge on any atom is -0.357 e. The van der Waals surface area contributed by atoms with E-state index in [2.05, 4.69) is 48.0 Å². The smallest absolute Gasteiger partial charge is 0.251 e. The monoisotopic (exact) mass is 478 g/mol. The fourth-order valence-corrected chi connectivity index (χ4v) is 2.12. The lowest BCUT2D eigenvalue weighted by Gasteiger charge is -2.23. The fourth-order valence-electron chi connectivity index (χ4n) is 1.90. The minimum atomic E-state index is -0.0400. The molecule has 0 unspecified atom stereocenters. The van der Waals surface area contributed by atoms with Crippen LogP contribution in [-0.2, 0) is 6.54 Å². The Morgan fingerprint density at radius 2 is 1.68 bits per heavy atom. The molecule has 0 radical (unpaired) electrons. The number of hydrogen-bond acceptors (Lipinski definition) is 3. The molecule has 0 bridgehead atoms. The number of amides is 1. The molecular weight excluding hydrogens is 447 g/mol. The number of nitrogens with zero attached hydrogens (tertiary/aromatic N) is 1. The Balaban J connectivity index is 0.00000576. The Morgan fingerprint density at radius 3 is 2.20 bits per heavy atom. The normalized spacial score (nSPS) is 11.5. The van der Waals surface area contributed by atoms with E-state index in [4.69, 9.17) is 0 Å². The zero-order chi connectivity index (χ0) is 18.0. The number of carbonyl (C=O) groups is 1. The van der Waals surface area contributed by atoms with Gasteiger partial charge < -0.3 is 16.0 Å². The van der Waals surface area contributed by atoms with Crippen molar-refractivity contribution in [2.24, 2.45) is 4.99 Å². The van der Waals surface area contributed by atoms with E-state index < -0.39 is 0 Å². The van der Waals surface area contributed by atoms with Gasteiger partial charge in [-0.15, -0.1) is 24.0 Å². The summed E-state index contributed by atoms with van der Waals surface area (Å²) in [6.45, 7) is 11.2. The molecule has 3 N–H and O–H groups in total. The Bertz CT molecular complexity index is 547. The van der Waals surface area contributed by atoms with Gasteiger partial charge in [-0.05, 0) is 51.6 Å². The molecule has 1 aromatic carbocycles. The van der Waals surface area contributed by atoms with Crippen LogP contribution in [-0.4, -0.2) is 42.5 Å². The molecule has 0 saturated heterocycles. The summed E-state index contributed by atoms with van der Waals surface area (Å²) in [5.41, 5.74) is 1.75. The van der Waals surface area contributed by atoms with Gasteiger partial charge in [-0.2, -0.15) is 11.8 Å². The predicted molar refractivity (Wildman–Crippen MR) is 120 cm³/mol. The zero-order valence-electron chi connectivity index (χ0n) is 15.8. The lowest BCUT2D eigenvalue weighted by molar-refractivity contribution is 0.0956. The molecule has 1 aromatic rings. The average Bonchev–Trinajstić information content (AvgIpc) is 2.58. The topological polar surface area (TPSA) is 65.5 Å². The van der Waals surface area contributed by atoms with Crippen molar-refractivity contribution >= 4 is 47.6 Å². The van der Waals surface area contributed by atoms with Crippen LogP contribution in [0, 0.1) is 0 Å². The van der Waals surface area contributed by atoms with Gasteiger partial charge in [-0.3, -0.25) is 4.79 Å². The average molecular weight is 478 g/mol. The number of aliphatic imine (C=N–C) groups is 1. The van der Waals surface area contributed by atoms with Crippen molar-refractivity contribution in [1.82, 2.24) is 16.0 Å². The van der Waals surface area contributed by atoms with Crippen molar-refractivity contribution in [1.29, 1.82) is 0 Å². The molecule has 0 spiro atoms. The summed E-state index contributed by atoms with van der Waals surface area (Å²) in [6.07, 6.45) is 2.11. The largest absolute Gasteiger partial charge is 0.357 e. The van der Waals surface area contributed by atoms with Crippen LogP contribution < -0.4 is 16.0 Å². The standard InChI is InChI=1S/C18H30N4OS.HI/c1-6-19-16(23)15-10-8-14(9-11-15)12-21-17(20-7-2)22-13-18(3,4)24-5;/h8-11H,6-7,12-13H2,1-5H3,(H,19,23)(H2,20,21,22);1H. The van der Waals surface area contributed by atoms with Gasteiger partial charge in [0.1, 0.15) is 0 Å². The van der Waals surface area contributed by atoms with Crippen molar-refractivity contribution < 1.29 is 4.79 Å². The van der Waals surface area contributed by atoms with Crippen molar-refractivity contribution in [2.75, 3.05) is 25.9 Å². The molecule has 5 nitrogen and oxygen atoms in total. The Hall–Kier alpha value is -0.960. The Labute approximate surface area is 173 Å². The van der Waals surface area contributed by atoms with E-state index in [0.29, 0.717) is 18.7 Å². The van der Waals surface area contributed by atoms with Gasteiger partial charge in [0.15, 0.2) is 5.96 Å². The van der Waals surface area contributed by atoms with Crippen LogP contribution in [0.15, 0.2) is 29.3 Å². The van der Waals surface area contributed by atoms with Crippen molar-refractivity contribution in [3.63, 3.8) is 0 Å². The van der Waals surface area contributed by atoms with Gasteiger partial charge in [-0.25, -0.2) is 4.99 Å². The molecule has 0 aliphatic heterocycles. The summed E-state index contributed by atoms with van der Waals surface area (Å²) >= 11 is 1.83. The van der Waals surface area contributed by atoms with Crippen LogP contribution in [0.3, 0.4) is 0 Å².